The first-order valence-corrected chi connectivity index (χ1v) is 18.6. The third-order valence-electron chi connectivity index (χ3n) is 8.60. The van der Waals surface area contributed by atoms with Crippen LogP contribution in [0.3, 0.4) is 0 Å². The van der Waals surface area contributed by atoms with Crippen LogP contribution in [0.5, 0.6) is 0 Å². The molecule has 44 heavy (non-hydrogen) atoms. The zero-order valence-electron chi connectivity index (χ0n) is 25.2. The molecule has 0 unspecified atom stereocenters. The van der Waals surface area contributed by atoms with Crippen molar-refractivity contribution in [2.45, 2.75) is 80.4 Å². The van der Waals surface area contributed by atoms with Gasteiger partial charge >= 0.3 is 0 Å². The van der Waals surface area contributed by atoms with Crippen molar-refractivity contribution in [3.63, 3.8) is 0 Å². The minimum atomic E-state index is -3.83. The van der Waals surface area contributed by atoms with Gasteiger partial charge in [0.25, 0.3) is 0 Å². The van der Waals surface area contributed by atoms with Gasteiger partial charge in [0.05, 0.1) is 9.79 Å². The number of nitrogens with two attached hydrogens (primary N) is 1. The van der Waals surface area contributed by atoms with E-state index in [4.69, 9.17) is 10.6 Å². The fourth-order valence-corrected chi connectivity index (χ4v) is 9.23. The zero-order chi connectivity index (χ0) is 31.2. The molecule has 2 saturated heterocycles. The van der Waals surface area contributed by atoms with Gasteiger partial charge in [-0.2, -0.15) is 8.61 Å². The molecule has 2 aromatic rings. The van der Waals surface area contributed by atoms with Gasteiger partial charge in [-0.25, -0.2) is 16.8 Å². The van der Waals surface area contributed by atoms with Gasteiger partial charge in [-0.15, -0.1) is 0 Å². The third kappa shape index (κ3) is 6.86. The first kappa shape index (κ1) is 32.6. The van der Waals surface area contributed by atoms with Crippen LogP contribution < -0.4 is 5.73 Å². The molecule has 0 radical (unpaired) electrons. The molecule has 3 aliphatic rings. The van der Waals surface area contributed by atoms with E-state index in [-0.39, 0.29) is 22.1 Å². The summed E-state index contributed by atoms with van der Waals surface area (Å²) >= 11 is 0. The monoisotopic (exact) mass is 645 g/mol. The molecule has 11 nitrogen and oxygen atoms in total. The molecule has 2 heterocycles. The van der Waals surface area contributed by atoms with Crippen LogP contribution in [0.1, 0.15) is 92.9 Å². The normalized spacial score (nSPS) is 19.1. The first-order chi connectivity index (χ1) is 21.3. The fraction of sp³-hybridized carbons (Fsp3) is 0.548. The lowest BCUT2D eigenvalue weighted by atomic mass is 9.83. The molecular weight excluding hydrogens is 603 g/mol. The highest BCUT2D eigenvalue weighted by molar-refractivity contribution is 7.89. The van der Waals surface area contributed by atoms with Crippen LogP contribution in [-0.2, 0) is 24.9 Å². The molecule has 0 aromatic heterocycles. The number of nitrogens with zero attached hydrogens (tertiary/aromatic N) is 4. The molecular formula is C31H43N5O6S2. The second kappa shape index (κ2) is 14.5. The van der Waals surface area contributed by atoms with Crippen molar-refractivity contribution >= 4 is 31.5 Å². The lowest BCUT2D eigenvalue weighted by Gasteiger charge is -2.27. The fourth-order valence-electron chi connectivity index (χ4n) is 6.14. The van der Waals surface area contributed by atoms with E-state index in [2.05, 4.69) is 10.3 Å². The standard InChI is InChI=1S/C31H43N5O6S2/c32-16-11-21-42-34-31-26-14-12-24(43(38,39)35-17-7-3-1-4-8-18-35)22-28(26)30(33-37)29-23-25(13-15-27(29)31)44(40,41)36-19-9-5-2-6-10-20-36/h12-15,22-23,37H,1-11,16-21,32H2. The van der Waals surface area contributed by atoms with Crippen LogP contribution in [0.15, 0.2) is 56.5 Å². The van der Waals surface area contributed by atoms with Crippen molar-refractivity contribution in [3.05, 3.63) is 58.7 Å². The molecule has 3 N–H and O–H groups in total. The van der Waals surface area contributed by atoms with Gasteiger partial charge in [0.2, 0.25) is 20.0 Å². The summed E-state index contributed by atoms with van der Waals surface area (Å²) in [4.78, 5) is 5.74. The smallest absolute Gasteiger partial charge is 0.243 e. The number of sulfonamides is 2. The summed E-state index contributed by atoms with van der Waals surface area (Å²) in [6.45, 7) is 2.49. The number of fused-ring (bicyclic) bond motifs is 2. The van der Waals surface area contributed by atoms with E-state index < -0.39 is 20.0 Å². The Morgan fingerprint density at radius 2 is 1.09 bits per heavy atom. The summed E-state index contributed by atoms with van der Waals surface area (Å²) in [5, 5.41) is 18.3. The molecule has 0 amide bonds. The Kier molecular flexibility index (Phi) is 10.7. The van der Waals surface area contributed by atoms with Crippen LogP contribution >= 0.6 is 0 Å². The SMILES string of the molecule is NCCCON=C1c2ccc(S(=O)(=O)N3CCCCCCC3)cc2C(=NO)c2cc(S(=O)(=O)N3CCCCCCC3)ccc21. The molecule has 240 valence electrons. The van der Waals surface area contributed by atoms with E-state index in [1.165, 1.54) is 20.7 Å². The Balaban J connectivity index is 1.59. The van der Waals surface area contributed by atoms with Gasteiger partial charge in [0, 0.05) is 48.4 Å². The van der Waals surface area contributed by atoms with E-state index in [1.807, 2.05) is 0 Å². The lowest BCUT2D eigenvalue weighted by Crippen LogP contribution is -2.34. The Hall–Kier alpha value is -2.84. The molecule has 5 rings (SSSR count). The molecule has 0 bridgehead atoms. The van der Waals surface area contributed by atoms with Crippen LogP contribution in [0.2, 0.25) is 0 Å². The number of benzene rings is 2. The Morgan fingerprint density at radius 1 is 0.659 bits per heavy atom. The first-order valence-electron chi connectivity index (χ1n) is 15.7. The van der Waals surface area contributed by atoms with Gasteiger partial charge in [-0.3, -0.25) is 0 Å². The molecule has 2 fully saturated rings. The summed E-state index contributed by atoms with van der Waals surface area (Å²) in [5.41, 5.74) is 7.78. The third-order valence-corrected chi connectivity index (χ3v) is 12.4. The van der Waals surface area contributed by atoms with E-state index in [0.717, 1.165) is 64.2 Å². The number of hydrogen-bond acceptors (Lipinski definition) is 9. The van der Waals surface area contributed by atoms with Crippen molar-refractivity contribution in [1.82, 2.24) is 8.61 Å². The number of rotatable bonds is 8. The second-order valence-electron chi connectivity index (χ2n) is 11.6. The van der Waals surface area contributed by atoms with Crippen molar-refractivity contribution in [3.8, 4) is 0 Å². The average molecular weight is 646 g/mol. The molecule has 2 aromatic carbocycles. The van der Waals surface area contributed by atoms with E-state index >= 15 is 0 Å². The maximum Gasteiger partial charge on any atom is 0.243 e. The summed E-state index contributed by atoms with van der Waals surface area (Å²) in [5.74, 6) is 0. The van der Waals surface area contributed by atoms with Gasteiger partial charge in [0.15, 0.2) is 0 Å². The summed E-state index contributed by atoms with van der Waals surface area (Å²) in [7, 11) is -7.66. The summed E-state index contributed by atoms with van der Waals surface area (Å²) in [6.07, 6.45) is 9.93. The van der Waals surface area contributed by atoms with Gasteiger partial charge in [-0.05, 0) is 62.9 Å². The van der Waals surface area contributed by atoms with Crippen LogP contribution in [-0.4, -0.2) is 81.4 Å². The maximum atomic E-state index is 13.8. The Labute approximate surface area is 260 Å². The largest absolute Gasteiger partial charge is 0.410 e. The van der Waals surface area contributed by atoms with Crippen LogP contribution in [0, 0.1) is 0 Å². The van der Waals surface area contributed by atoms with Crippen molar-refractivity contribution in [1.29, 1.82) is 0 Å². The molecule has 0 spiro atoms. The zero-order valence-corrected chi connectivity index (χ0v) is 26.8. The van der Waals surface area contributed by atoms with Crippen molar-refractivity contribution in [2.75, 3.05) is 39.3 Å². The highest BCUT2D eigenvalue weighted by Gasteiger charge is 2.34. The van der Waals surface area contributed by atoms with Gasteiger partial charge in [0.1, 0.15) is 18.0 Å². The summed E-state index contributed by atoms with van der Waals surface area (Å²) in [6, 6.07) is 9.38. The molecule has 13 heteroatoms. The highest BCUT2D eigenvalue weighted by Crippen LogP contribution is 2.34. The number of oxime groups is 2. The second-order valence-corrected chi connectivity index (χ2v) is 15.5. The Bertz CT molecular complexity index is 1480. The van der Waals surface area contributed by atoms with Crippen LogP contribution in [0.4, 0.5) is 0 Å². The number of hydrogen-bond donors (Lipinski definition) is 2. The minimum absolute atomic E-state index is 0.0744. The van der Waals surface area contributed by atoms with Gasteiger partial charge in [-0.1, -0.05) is 61.0 Å². The van der Waals surface area contributed by atoms with Gasteiger partial charge < -0.3 is 15.8 Å². The quantitative estimate of drug-likeness (QED) is 0.211. The minimum Gasteiger partial charge on any atom is -0.410 e. The Morgan fingerprint density at radius 3 is 1.50 bits per heavy atom. The van der Waals surface area contributed by atoms with E-state index in [0.29, 0.717) is 67.1 Å². The average Bonchev–Trinajstić information content (AvgIpc) is 2.97. The lowest BCUT2D eigenvalue weighted by molar-refractivity contribution is 0.143. The van der Waals surface area contributed by atoms with Crippen LogP contribution in [0.25, 0.3) is 0 Å². The van der Waals surface area contributed by atoms with E-state index in [1.54, 1.807) is 24.3 Å². The molecule has 1 aliphatic carbocycles. The summed E-state index contributed by atoms with van der Waals surface area (Å²) < 4.78 is 58.2. The van der Waals surface area contributed by atoms with E-state index in [9.17, 15) is 22.0 Å². The molecule has 0 atom stereocenters. The highest BCUT2D eigenvalue weighted by atomic mass is 32.2. The maximum absolute atomic E-state index is 13.8. The molecule has 0 saturated carbocycles. The topological polar surface area (TPSA) is 155 Å². The molecule has 2 aliphatic heterocycles. The van der Waals surface area contributed by atoms with Crippen molar-refractivity contribution in [2.24, 2.45) is 16.0 Å². The predicted molar refractivity (Wildman–Crippen MR) is 169 cm³/mol. The van der Waals surface area contributed by atoms with Crippen molar-refractivity contribution < 1.29 is 26.9 Å². The predicted octanol–water partition coefficient (Wildman–Crippen LogP) is 4.25.